The van der Waals surface area contributed by atoms with E-state index in [1.54, 1.807) is 19.2 Å². The molecule has 0 bridgehead atoms. The molecule has 0 amide bonds. The predicted molar refractivity (Wildman–Crippen MR) is 116 cm³/mol. The van der Waals surface area contributed by atoms with Crippen molar-refractivity contribution in [3.05, 3.63) is 65.6 Å². The number of likely N-dealkylation sites (tertiary alicyclic amines) is 1. The van der Waals surface area contributed by atoms with E-state index in [9.17, 15) is 13.2 Å². The van der Waals surface area contributed by atoms with Crippen LogP contribution in [0.15, 0.2) is 53.7 Å². The number of aromatic nitrogens is 3. The molecule has 4 rings (SSSR count). The molecule has 1 saturated heterocycles. The SMILES string of the molecule is CN=C(NCCc1nnc2ccccn12)NC1CCN(Cc2ccc(C(F)(F)F)cc2)C1. The summed E-state index contributed by atoms with van der Waals surface area (Å²) in [4.78, 5) is 6.53. The minimum Gasteiger partial charge on any atom is -0.356 e. The molecule has 2 aromatic heterocycles. The largest absolute Gasteiger partial charge is 0.416 e. The first-order chi connectivity index (χ1) is 15.4. The molecule has 3 aromatic rings. The minimum absolute atomic E-state index is 0.226. The van der Waals surface area contributed by atoms with Crippen molar-refractivity contribution in [3.8, 4) is 0 Å². The lowest BCUT2D eigenvalue weighted by atomic mass is 10.1. The van der Waals surface area contributed by atoms with Gasteiger partial charge in [0.1, 0.15) is 5.82 Å². The highest BCUT2D eigenvalue weighted by atomic mass is 19.4. The van der Waals surface area contributed by atoms with Crippen LogP contribution in [-0.2, 0) is 19.1 Å². The summed E-state index contributed by atoms with van der Waals surface area (Å²) in [5.74, 6) is 1.60. The van der Waals surface area contributed by atoms with Crippen molar-refractivity contribution in [2.45, 2.75) is 31.6 Å². The first-order valence-corrected chi connectivity index (χ1v) is 10.6. The quantitative estimate of drug-likeness (QED) is 0.451. The zero-order chi connectivity index (χ0) is 22.6. The molecule has 170 valence electrons. The first kappa shape index (κ1) is 22.1. The molecule has 1 aliphatic heterocycles. The Morgan fingerprint density at radius 1 is 1.16 bits per heavy atom. The van der Waals surface area contributed by atoms with Gasteiger partial charge >= 0.3 is 6.18 Å². The second-order valence-electron chi connectivity index (χ2n) is 7.85. The average Bonchev–Trinajstić information content (AvgIpc) is 3.39. The number of rotatable bonds is 6. The number of alkyl halides is 3. The smallest absolute Gasteiger partial charge is 0.356 e. The molecular weight excluding hydrogens is 419 g/mol. The number of hydrogen-bond acceptors (Lipinski definition) is 4. The van der Waals surface area contributed by atoms with Gasteiger partial charge in [-0.2, -0.15) is 13.2 Å². The van der Waals surface area contributed by atoms with Crippen LogP contribution in [0, 0.1) is 0 Å². The van der Waals surface area contributed by atoms with Gasteiger partial charge in [-0.05, 0) is 36.2 Å². The third kappa shape index (κ3) is 5.37. The van der Waals surface area contributed by atoms with E-state index in [1.165, 1.54) is 0 Å². The Morgan fingerprint density at radius 3 is 2.72 bits per heavy atom. The molecule has 1 unspecified atom stereocenters. The van der Waals surface area contributed by atoms with E-state index >= 15 is 0 Å². The van der Waals surface area contributed by atoms with Crippen LogP contribution < -0.4 is 10.6 Å². The van der Waals surface area contributed by atoms with Crippen LogP contribution in [-0.4, -0.2) is 58.2 Å². The van der Waals surface area contributed by atoms with E-state index in [0.29, 0.717) is 19.5 Å². The van der Waals surface area contributed by atoms with Gasteiger partial charge in [0, 0.05) is 51.9 Å². The molecule has 0 spiro atoms. The van der Waals surface area contributed by atoms with Gasteiger partial charge < -0.3 is 10.6 Å². The van der Waals surface area contributed by atoms with Crippen LogP contribution in [0.25, 0.3) is 5.65 Å². The van der Waals surface area contributed by atoms with Gasteiger partial charge in [-0.3, -0.25) is 14.3 Å². The summed E-state index contributed by atoms with van der Waals surface area (Å²) in [5.41, 5.74) is 1.09. The van der Waals surface area contributed by atoms with Crippen LogP contribution in [0.4, 0.5) is 13.2 Å². The van der Waals surface area contributed by atoms with E-state index in [1.807, 2.05) is 28.8 Å². The molecule has 10 heteroatoms. The third-order valence-corrected chi connectivity index (χ3v) is 5.55. The fourth-order valence-corrected chi connectivity index (χ4v) is 3.89. The Labute approximate surface area is 184 Å². The number of pyridine rings is 1. The van der Waals surface area contributed by atoms with E-state index in [-0.39, 0.29) is 6.04 Å². The van der Waals surface area contributed by atoms with Gasteiger partial charge in [0.05, 0.1) is 5.56 Å². The van der Waals surface area contributed by atoms with Crippen LogP contribution in [0.2, 0.25) is 0 Å². The van der Waals surface area contributed by atoms with Crippen LogP contribution in [0.3, 0.4) is 0 Å². The van der Waals surface area contributed by atoms with Gasteiger partial charge in [-0.15, -0.1) is 10.2 Å². The lowest BCUT2D eigenvalue weighted by Gasteiger charge is -2.19. The molecule has 0 aliphatic carbocycles. The molecule has 0 radical (unpaired) electrons. The summed E-state index contributed by atoms with van der Waals surface area (Å²) >= 11 is 0. The third-order valence-electron chi connectivity index (χ3n) is 5.55. The van der Waals surface area contributed by atoms with Crippen molar-refractivity contribution in [1.29, 1.82) is 0 Å². The molecular formula is C22H26F3N7. The lowest BCUT2D eigenvalue weighted by Crippen LogP contribution is -2.45. The van der Waals surface area contributed by atoms with Gasteiger partial charge in [-0.25, -0.2) is 0 Å². The average molecular weight is 445 g/mol. The predicted octanol–water partition coefficient (Wildman–Crippen LogP) is 2.73. The highest BCUT2D eigenvalue weighted by Gasteiger charge is 2.30. The van der Waals surface area contributed by atoms with E-state index < -0.39 is 11.7 Å². The first-order valence-electron chi connectivity index (χ1n) is 10.6. The zero-order valence-electron chi connectivity index (χ0n) is 17.8. The van der Waals surface area contributed by atoms with Crippen LogP contribution in [0.1, 0.15) is 23.4 Å². The summed E-state index contributed by atoms with van der Waals surface area (Å²) in [5, 5.41) is 15.1. The van der Waals surface area contributed by atoms with Crippen molar-refractivity contribution < 1.29 is 13.2 Å². The normalized spacial score (nSPS) is 17.8. The molecule has 1 aromatic carbocycles. The lowest BCUT2D eigenvalue weighted by molar-refractivity contribution is -0.137. The van der Waals surface area contributed by atoms with Crippen molar-refractivity contribution in [1.82, 2.24) is 30.1 Å². The number of nitrogens with zero attached hydrogens (tertiary/aromatic N) is 5. The number of aliphatic imine (C=N–C) groups is 1. The molecule has 32 heavy (non-hydrogen) atoms. The Morgan fingerprint density at radius 2 is 1.97 bits per heavy atom. The highest BCUT2D eigenvalue weighted by Crippen LogP contribution is 2.29. The van der Waals surface area contributed by atoms with Crippen LogP contribution >= 0.6 is 0 Å². The monoisotopic (exact) mass is 445 g/mol. The number of guanidine groups is 1. The maximum Gasteiger partial charge on any atom is 0.416 e. The minimum atomic E-state index is -4.30. The molecule has 1 atom stereocenters. The molecule has 0 saturated carbocycles. The standard InChI is InChI=1S/C22H26F3N7/c1-26-21(27-11-9-20-30-29-19-4-2-3-12-32(19)20)28-18-10-13-31(15-18)14-16-5-7-17(8-6-16)22(23,24)25/h2-8,12,18H,9-11,13-15H2,1H3,(H2,26,27,28). The summed E-state index contributed by atoms with van der Waals surface area (Å²) < 4.78 is 40.1. The molecule has 2 N–H and O–H groups in total. The van der Waals surface area contributed by atoms with Crippen molar-refractivity contribution in [3.63, 3.8) is 0 Å². The van der Waals surface area contributed by atoms with E-state index in [0.717, 1.165) is 54.6 Å². The maximum atomic E-state index is 12.7. The summed E-state index contributed by atoms with van der Waals surface area (Å²) in [7, 11) is 1.73. The number of hydrogen-bond donors (Lipinski definition) is 2. The van der Waals surface area contributed by atoms with Crippen molar-refractivity contribution in [2.24, 2.45) is 4.99 Å². The molecule has 3 heterocycles. The number of benzene rings is 1. The van der Waals surface area contributed by atoms with Crippen LogP contribution in [0.5, 0.6) is 0 Å². The van der Waals surface area contributed by atoms with Crippen molar-refractivity contribution >= 4 is 11.6 Å². The summed E-state index contributed by atoms with van der Waals surface area (Å²) in [6.07, 6.45) is -0.709. The second-order valence-corrected chi connectivity index (χ2v) is 7.85. The highest BCUT2D eigenvalue weighted by molar-refractivity contribution is 5.80. The number of fused-ring (bicyclic) bond motifs is 1. The van der Waals surface area contributed by atoms with E-state index in [4.69, 9.17) is 0 Å². The Bertz CT molecular complexity index is 1060. The zero-order valence-corrected chi connectivity index (χ0v) is 17.8. The maximum absolute atomic E-state index is 12.7. The topological polar surface area (TPSA) is 69.8 Å². The Balaban J connectivity index is 1.23. The number of nitrogens with one attached hydrogen (secondary N) is 2. The van der Waals surface area contributed by atoms with Crippen molar-refractivity contribution in [2.75, 3.05) is 26.7 Å². The number of halogens is 3. The Hall–Kier alpha value is -3.14. The fourth-order valence-electron chi connectivity index (χ4n) is 3.89. The van der Waals surface area contributed by atoms with Gasteiger partial charge in [0.2, 0.25) is 0 Å². The Kier molecular flexibility index (Phi) is 6.59. The molecule has 1 fully saturated rings. The summed E-state index contributed by atoms with van der Waals surface area (Å²) in [6, 6.07) is 11.4. The van der Waals surface area contributed by atoms with Gasteiger partial charge in [0.15, 0.2) is 11.6 Å². The fraction of sp³-hybridized carbons (Fsp3) is 0.409. The summed E-state index contributed by atoms with van der Waals surface area (Å²) in [6.45, 7) is 2.97. The van der Waals surface area contributed by atoms with E-state index in [2.05, 4.69) is 30.7 Å². The molecule has 7 nitrogen and oxygen atoms in total. The molecule has 1 aliphatic rings. The second kappa shape index (κ2) is 9.56. The van der Waals surface area contributed by atoms with Gasteiger partial charge in [0.25, 0.3) is 0 Å². The van der Waals surface area contributed by atoms with Gasteiger partial charge in [-0.1, -0.05) is 18.2 Å².